The molecule has 5 heteroatoms. The minimum absolute atomic E-state index is 0.0759. The minimum Gasteiger partial charge on any atom is -0.313 e. The largest absolute Gasteiger partial charge is 0.313 e. The zero-order valence-corrected chi connectivity index (χ0v) is 72.7. The van der Waals surface area contributed by atoms with Crippen LogP contribution >= 0.6 is 0 Å². The van der Waals surface area contributed by atoms with Crippen molar-refractivity contribution in [2.24, 2.45) is 22.7 Å². The number of hydrogen-bond acceptors (Lipinski definition) is 4. The molecule has 0 bridgehead atoms. The monoisotopic (exact) mass is 1510 g/mol. The van der Waals surface area contributed by atoms with E-state index in [-0.39, 0.29) is 78.6 Å². The number of allylic oxidation sites excluding steroid dienone is 4. The van der Waals surface area contributed by atoms with Gasteiger partial charge in [-0.05, 0) is 275 Å². The van der Waals surface area contributed by atoms with E-state index in [4.69, 9.17) is 0 Å². The van der Waals surface area contributed by atoms with Crippen molar-refractivity contribution < 1.29 is 0 Å². The fourth-order valence-electron chi connectivity index (χ4n) is 29.0. The van der Waals surface area contributed by atoms with Gasteiger partial charge in [-0.2, -0.15) is 0 Å². The molecule has 5 aliphatic heterocycles. The topological polar surface area (TPSA) is 13.0 Å². The standard InChI is InChI=1S/C111H113BN4/c1-100(2,3)63-51-81-87-82(52-63)114(66-41-29-24-30-42-66)97-86-74(56-76-90(97)107(17,18)60-103(76,9)10)110(73-55-75-89(106(15,16)59-102(75,7)8)96(85(73)88(86)87)113(81)65-39-27-23-28-40-65)69-47-35-37-49-71(69)111(72-50-38-36-48-70(72)110)79-57-77-91(108(19,20)61-104(77,11)12)98-93(79)112-94-80(111)58-78-92(109(21,22)62-105(78,13)14)99(94)116(68-45-33-26-34-46-68)84-54-64(101(4,5)6)53-83(95(84)112)115(98)67-43-31-25-32-44-67/h23-58,75,88-89H,59-62H2,1-22H3. The minimum atomic E-state index is -0.899. The van der Waals surface area contributed by atoms with Crippen molar-refractivity contribution in [2.45, 2.75) is 238 Å². The molecule has 0 N–H and O–H groups in total. The highest BCUT2D eigenvalue weighted by molar-refractivity contribution is 7.01. The molecular formula is C111H113BN4. The Balaban J connectivity index is 0.965. The molecule has 11 aromatic rings. The second kappa shape index (κ2) is 21.9. The quantitative estimate of drug-likeness (QED) is 0.163. The Labute approximate surface area is 691 Å². The van der Waals surface area contributed by atoms with E-state index in [1.807, 2.05) is 0 Å². The van der Waals surface area contributed by atoms with Crippen molar-refractivity contribution in [2.75, 3.05) is 19.6 Å². The number of benzene rings is 11. The van der Waals surface area contributed by atoms with Crippen LogP contribution in [0.4, 0.5) is 62.6 Å². The van der Waals surface area contributed by atoms with E-state index in [2.05, 4.69) is 390 Å². The van der Waals surface area contributed by atoms with Gasteiger partial charge >= 0.3 is 0 Å². The Morgan fingerprint density at radius 3 is 1.06 bits per heavy atom. The molecule has 7 aliphatic carbocycles. The van der Waals surface area contributed by atoms with Crippen molar-refractivity contribution in [1.29, 1.82) is 0 Å². The Morgan fingerprint density at radius 2 is 0.655 bits per heavy atom. The summed E-state index contributed by atoms with van der Waals surface area (Å²) < 4.78 is 0. The predicted molar refractivity (Wildman–Crippen MR) is 487 cm³/mol. The third-order valence-corrected chi connectivity index (χ3v) is 31.9. The highest BCUT2D eigenvalue weighted by atomic mass is 15.2. The fraction of sp³-hybridized carbons (Fsp3) is 0.369. The first kappa shape index (κ1) is 71.5. The summed E-state index contributed by atoms with van der Waals surface area (Å²) in [4.78, 5) is 11.5. The molecule has 23 rings (SSSR count). The number of fused-ring (bicyclic) bond motifs is 18. The van der Waals surface area contributed by atoms with Gasteiger partial charge in [0, 0.05) is 68.6 Å². The second-order valence-electron chi connectivity index (χ2n) is 45.2. The molecule has 3 atom stereocenters. The van der Waals surface area contributed by atoms with E-state index in [1.165, 1.54) is 190 Å². The van der Waals surface area contributed by atoms with Crippen molar-refractivity contribution in [3.63, 3.8) is 0 Å². The molecule has 0 saturated heterocycles. The number of nitrogens with zero attached hydrogens (tertiary/aromatic N) is 4. The molecule has 11 aromatic carbocycles. The molecule has 4 nitrogen and oxygen atoms in total. The number of hydrogen-bond donors (Lipinski definition) is 0. The smallest absolute Gasteiger partial charge is 0.253 e. The van der Waals surface area contributed by atoms with Crippen LogP contribution in [0.5, 0.6) is 0 Å². The summed E-state index contributed by atoms with van der Waals surface area (Å²) in [6, 6.07) is 87.1. The van der Waals surface area contributed by atoms with Crippen LogP contribution in [-0.4, -0.2) is 6.71 Å². The second-order valence-corrected chi connectivity index (χ2v) is 45.2. The van der Waals surface area contributed by atoms with Gasteiger partial charge in [0.2, 0.25) is 0 Å². The van der Waals surface area contributed by atoms with Gasteiger partial charge in [0.15, 0.2) is 0 Å². The molecular weight excluding hydrogens is 1400 g/mol. The van der Waals surface area contributed by atoms with Crippen LogP contribution in [0.3, 0.4) is 0 Å². The lowest BCUT2D eigenvalue weighted by molar-refractivity contribution is 0.264. The number of rotatable bonds is 4. The molecule has 5 heterocycles. The Bertz CT molecular complexity index is 6120. The molecule has 12 aliphatic rings. The average molecular weight is 1510 g/mol. The van der Waals surface area contributed by atoms with Crippen LogP contribution in [-0.2, 0) is 54.1 Å². The first-order valence-electron chi connectivity index (χ1n) is 43.9. The fourth-order valence-corrected chi connectivity index (χ4v) is 29.0. The highest BCUT2D eigenvalue weighted by Gasteiger charge is 2.70. The van der Waals surface area contributed by atoms with E-state index in [9.17, 15) is 0 Å². The Morgan fingerprint density at radius 1 is 0.310 bits per heavy atom. The molecule has 0 amide bonds. The molecule has 3 unspecified atom stereocenters. The van der Waals surface area contributed by atoms with Crippen LogP contribution in [0.1, 0.15) is 279 Å². The van der Waals surface area contributed by atoms with Crippen LogP contribution in [0, 0.1) is 22.7 Å². The summed E-state index contributed by atoms with van der Waals surface area (Å²) in [6.45, 7) is 56.4. The van der Waals surface area contributed by atoms with Crippen LogP contribution < -0.4 is 36.0 Å². The summed E-state index contributed by atoms with van der Waals surface area (Å²) >= 11 is 0. The van der Waals surface area contributed by atoms with E-state index in [0.29, 0.717) is 0 Å². The zero-order chi connectivity index (χ0) is 80.5. The number of anilines is 11. The number of para-hydroxylation sites is 4. The van der Waals surface area contributed by atoms with Gasteiger partial charge in [0.05, 0.1) is 27.9 Å². The van der Waals surface area contributed by atoms with Crippen LogP contribution in [0.2, 0.25) is 0 Å². The Kier molecular flexibility index (Phi) is 13.5. The SMILES string of the molecule is CC(C)(C)c1cc2c3c(c1)N(c1ccccc1)c1c4c(cc5c1C(C)(C)CC5(C)C)C1(c5ccccc5C5(C6=CC7C(C8=C6C6c9c(cc(C(C)(C)C)cc9N(c9ccccc9)c9c6c5cc5c9C(C)(C)CC5(C)C)N8c5ccccc5)C(C)(C)CC7(C)C)c5ccccc51)c1cc5c(c(c1B34)N2c1ccccc1)C(C)(C)CC5(C)C. The van der Waals surface area contributed by atoms with Crippen molar-refractivity contribution in [1.82, 2.24) is 0 Å². The summed E-state index contributed by atoms with van der Waals surface area (Å²) in [5.41, 5.74) is 44.5. The van der Waals surface area contributed by atoms with Crippen LogP contribution in [0.25, 0.3) is 0 Å². The molecule has 2 spiro atoms. The predicted octanol–water partition coefficient (Wildman–Crippen LogP) is 26.5. The highest BCUT2D eigenvalue weighted by Crippen LogP contribution is 2.78. The lowest BCUT2D eigenvalue weighted by Crippen LogP contribution is -2.69. The van der Waals surface area contributed by atoms with E-state index < -0.39 is 10.8 Å². The third kappa shape index (κ3) is 8.55. The lowest BCUT2D eigenvalue weighted by Gasteiger charge is -2.62. The van der Waals surface area contributed by atoms with Crippen molar-refractivity contribution in [3.8, 4) is 0 Å². The molecule has 1 fully saturated rings. The summed E-state index contributed by atoms with van der Waals surface area (Å²) in [5.74, 6) is 0.280. The van der Waals surface area contributed by atoms with Gasteiger partial charge in [-0.25, -0.2) is 0 Å². The summed E-state index contributed by atoms with van der Waals surface area (Å²) in [6.07, 6.45) is 7.21. The zero-order valence-electron chi connectivity index (χ0n) is 72.7. The maximum absolute atomic E-state index is 3.02. The van der Waals surface area contributed by atoms with Gasteiger partial charge in [0.1, 0.15) is 0 Å². The van der Waals surface area contributed by atoms with Gasteiger partial charge in [-0.15, -0.1) is 0 Å². The van der Waals surface area contributed by atoms with E-state index in [1.54, 1.807) is 0 Å². The van der Waals surface area contributed by atoms with Gasteiger partial charge in [0.25, 0.3) is 6.71 Å². The molecule has 116 heavy (non-hydrogen) atoms. The summed E-state index contributed by atoms with van der Waals surface area (Å²) in [5, 5.41) is 0. The normalized spacial score (nSPS) is 23.1. The average Bonchev–Trinajstić information content (AvgIpc) is 0.835. The van der Waals surface area contributed by atoms with Gasteiger partial charge in [-0.3, -0.25) is 0 Å². The van der Waals surface area contributed by atoms with Crippen LogP contribution in [0.15, 0.2) is 235 Å². The van der Waals surface area contributed by atoms with E-state index in [0.717, 1.165) is 25.7 Å². The molecule has 1 saturated carbocycles. The summed E-state index contributed by atoms with van der Waals surface area (Å²) in [7, 11) is 0. The maximum Gasteiger partial charge on any atom is 0.253 e. The van der Waals surface area contributed by atoms with Crippen molar-refractivity contribution in [3.05, 3.63) is 330 Å². The maximum atomic E-state index is 3.02. The molecule has 0 radical (unpaired) electrons. The first-order valence-corrected chi connectivity index (χ1v) is 43.9. The molecule has 580 valence electrons. The van der Waals surface area contributed by atoms with Gasteiger partial charge in [-0.1, -0.05) is 298 Å². The Hall–Kier alpha value is -9.84. The van der Waals surface area contributed by atoms with Gasteiger partial charge < -0.3 is 19.6 Å². The first-order chi connectivity index (χ1) is 54.8. The van der Waals surface area contributed by atoms with E-state index >= 15 is 0 Å². The van der Waals surface area contributed by atoms with Crippen molar-refractivity contribution >= 4 is 85.7 Å². The third-order valence-electron chi connectivity index (χ3n) is 31.9. The molecule has 0 aromatic heterocycles. The lowest BCUT2D eigenvalue weighted by atomic mass is 9.26.